The quantitative estimate of drug-likeness (QED) is 0.907. The summed E-state index contributed by atoms with van der Waals surface area (Å²) in [4.78, 5) is 25.9. The fraction of sp³-hybridized carbons (Fsp3) is 0.389. The first-order valence-corrected chi connectivity index (χ1v) is 8.44. The molecule has 0 radical (unpaired) electrons. The van der Waals surface area contributed by atoms with Crippen molar-refractivity contribution in [1.82, 2.24) is 15.4 Å². The number of alkyl carbamates (subject to hydrolysis) is 1. The van der Waals surface area contributed by atoms with Crippen LogP contribution in [0.5, 0.6) is 0 Å². The third-order valence-electron chi connectivity index (χ3n) is 4.84. The molecule has 7 nitrogen and oxygen atoms in total. The van der Waals surface area contributed by atoms with Gasteiger partial charge in [-0.15, -0.1) is 0 Å². The molecule has 1 N–H and O–H groups in total. The second-order valence-electron chi connectivity index (χ2n) is 6.51. The van der Waals surface area contributed by atoms with Crippen molar-refractivity contribution >= 4 is 12.0 Å². The minimum atomic E-state index is -0.481. The number of nitrogens with zero attached hydrogens (tertiary/aromatic N) is 2. The van der Waals surface area contributed by atoms with Gasteiger partial charge in [-0.05, 0) is 12.8 Å². The molecule has 2 amide bonds. The molecule has 4 rings (SSSR count). The van der Waals surface area contributed by atoms with E-state index in [2.05, 4.69) is 10.5 Å². The van der Waals surface area contributed by atoms with Crippen LogP contribution in [0.1, 0.15) is 29.8 Å². The van der Waals surface area contributed by atoms with E-state index in [4.69, 9.17) is 9.26 Å². The zero-order chi connectivity index (χ0) is 17.3. The fourth-order valence-electron chi connectivity index (χ4n) is 3.43. The van der Waals surface area contributed by atoms with Crippen molar-refractivity contribution in [2.24, 2.45) is 0 Å². The van der Waals surface area contributed by atoms with Gasteiger partial charge in [0.2, 0.25) is 0 Å². The summed E-state index contributed by atoms with van der Waals surface area (Å²) in [6.45, 7) is 1.66. The maximum absolute atomic E-state index is 12.7. The van der Waals surface area contributed by atoms with Crippen LogP contribution in [0.15, 0.2) is 40.9 Å². The summed E-state index contributed by atoms with van der Waals surface area (Å²) in [5, 5.41) is 6.65. The Labute approximate surface area is 144 Å². The van der Waals surface area contributed by atoms with E-state index in [9.17, 15) is 9.59 Å². The first-order valence-electron chi connectivity index (χ1n) is 8.44. The molecule has 2 aliphatic heterocycles. The van der Waals surface area contributed by atoms with Crippen molar-refractivity contribution in [1.29, 1.82) is 0 Å². The summed E-state index contributed by atoms with van der Waals surface area (Å²) in [5.41, 5.74) is 0.703. The Morgan fingerprint density at radius 3 is 2.80 bits per heavy atom. The molecule has 1 aromatic heterocycles. The van der Waals surface area contributed by atoms with Crippen LogP contribution in [0.2, 0.25) is 0 Å². The van der Waals surface area contributed by atoms with Crippen molar-refractivity contribution in [3.63, 3.8) is 0 Å². The van der Waals surface area contributed by atoms with Gasteiger partial charge in [0.15, 0.2) is 11.5 Å². The number of benzene rings is 1. The van der Waals surface area contributed by atoms with E-state index in [1.165, 1.54) is 0 Å². The third kappa shape index (κ3) is 3.09. The lowest BCUT2D eigenvalue weighted by Gasteiger charge is -2.24. The van der Waals surface area contributed by atoms with Gasteiger partial charge >= 0.3 is 6.09 Å². The predicted octanol–water partition coefficient (Wildman–Crippen LogP) is 2.45. The number of ether oxygens (including phenoxy) is 1. The highest BCUT2D eigenvalue weighted by molar-refractivity contribution is 5.93. The van der Waals surface area contributed by atoms with Crippen molar-refractivity contribution in [2.45, 2.75) is 24.9 Å². The van der Waals surface area contributed by atoms with Crippen molar-refractivity contribution in [3.8, 4) is 11.3 Å². The minimum absolute atomic E-state index is 0.153. The van der Waals surface area contributed by atoms with Crippen molar-refractivity contribution in [3.05, 3.63) is 42.1 Å². The number of carbonyl (C=O) groups is 2. The lowest BCUT2D eigenvalue weighted by molar-refractivity contribution is 0.0438. The maximum atomic E-state index is 12.7. The maximum Gasteiger partial charge on any atom is 0.407 e. The molecule has 1 atom stereocenters. The lowest BCUT2D eigenvalue weighted by atomic mass is 9.95. The molecule has 2 saturated heterocycles. The molecule has 1 spiro atoms. The van der Waals surface area contributed by atoms with Gasteiger partial charge in [-0.1, -0.05) is 35.5 Å². The van der Waals surface area contributed by atoms with E-state index < -0.39 is 5.60 Å². The Hall–Kier alpha value is -2.83. The van der Waals surface area contributed by atoms with Crippen LogP contribution < -0.4 is 5.32 Å². The molecule has 3 heterocycles. The minimum Gasteiger partial charge on any atom is -0.441 e. The second-order valence-corrected chi connectivity index (χ2v) is 6.51. The summed E-state index contributed by atoms with van der Waals surface area (Å²) >= 11 is 0. The van der Waals surface area contributed by atoms with Gasteiger partial charge in [0.25, 0.3) is 5.91 Å². The first kappa shape index (κ1) is 15.7. The fourth-order valence-corrected chi connectivity index (χ4v) is 3.43. The molecule has 130 valence electrons. The molecule has 2 aliphatic rings. The Morgan fingerprint density at radius 1 is 1.20 bits per heavy atom. The topological polar surface area (TPSA) is 84.7 Å². The van der Waals surface area contributed by atoms with Crippen LogP contribution in [0, 0.1) is 0 Å². The van der Waals surface area contributed by atoms with Gasteiger partial charge in [-0.2, -0.15) is 0 Å². The molecule has 7 heteroatoms. The number of likely N-dealkylation sites (tertiary alicyclic amines) is 1. The Morgan fingerprint density at radius 2 is 2.04 bits per heavy atom. The molecular weight excluding hydrogens is 322 g/mol. The van der Waals surface area contributed by atoms with E-state index in [1.54, 1.807) is 11.0 Å². The van der Waals surface area contributed by atoms with Gasteiger partial charge in [0, 0.05) is 31.1 Å². The Bertz CT molecular complexity index is 789. The smallest absolute Gasteiger partial charge is 0.407 e. The number of rotatable bonds is 2. The summed E-state index contributed by atoms with van der Waals surface area (Å²) < 4.78 is 10.8. The van der Waals surface area contributed by atoms with Gasteiger partial charge in [0.05, 0.1) is 6.54 Å². The summed E-state index contributed by atoms with van der Waals surface area (Å²) in [7, 11) is 0. The van der Waals surface area contributed by atoms with Crippen LogP contribution >= 0.6 is 0 Å². The summed E-state index contributed by atoms with van der Waals surface area (Å²) in [6.07, 6.45) is 1.79. The van der Waals surface area contributed by atoms with E-state index in [-0.39, 0.29) is 12.0 Å². The van der Waals surface area contributed by atoms with Gasteiger partial charge in [-0.3, -0.25) is 4.79 Å². The molecule has 0 aliphatic carbocycles. The molecule has 25 heavy (non-hydrogen) atoms. The second kappa shape index (κ2) is 6.23. The van der Waals surface area contributed by atoms with E-state index in [0.717, 1.165) is 18.4 Å². The van der Waals surface area contributed by atoms with Crippen LogP contribution in [0.4, 0.5) is 4.79 Å². The van der Waals surface area contributed by atoms with Crippen LogP contribution in [0.3, 0.4) is 0 Å². The Kier molecular flexibility index (Phi) is 3.91. The van der Waals surface area contributed by atoms with Crippen molar-refractivity contribution in [2.75, 3.05) is 19.6 Å². The molecule has 2 aromatic rings. The number of hydrogen-bond donors (Lipinski definition) is 1. The number of aromatic nitrogens is 1. The van der Waals surface area contributed by atoms with E-state index in [0.29, 0.717) is 37.5 Å². The zero-order valence-electron chi connectivity index (χ0n) is 13.7. The standard InChI is InChI=1S/C18H19N3O4/c22-16(14-11-15(25-20-14)13-5-2-1-3-6-13)21-9-4-7-18(8-10-21)12-19-17(23)24-18/h1-3,5-6,11H,4,7-10,12H2,(H,19,23). The monoisotopic (exact) mass is 341 g/mol. The van der Waals surface area contributed by atoms with E-state index in [1.807, 2.05) is 30.3 Å². The van der Waals surface area contributed by atoms with Crippen LogP contribution in [-0.2, 0) is 4.74 Å². The predicted molar refractivity (Wildman–Crippen MR) is 88.9 cm³/mol. The average Bonchev–Trinajstić information content (AvgIpc) is 3.20. The largest absolute Gasteiger partial charge is 0.441 e. The third-order valence-corrected chi connectivity index (χ3v) is 4.84. The highest BCUT2D eigenvalue weighted by Crippen LogP contribution is 2.30. The highest BCUT2D eigenvalue weighted by Gasteiger charge is 2.42. The number of hydrogen-bond acceptors (Lipinski definition) is 5. The molecule has 0 bridgehead atoms. The molecular formula is C18H19N3O4. The Balaban J connectivity index is 1.46. The molecule has 1 unspecified atom stereocenters. The van der Waals surface area contributed by atoms with Crippen LogP contribution in [-0.4, -0.2) is 47.3 Å². The zero-order valence-corrected chi connectivity index (χ0v) is 13.7. The van der Waals surface area contributed by atoms with Gasteiger partial charge in [-0.25, -0.2) is 4.79 Å². The summed E-state index contributed by atoms with van der Waals surface area (Å²) in [6, 6.07) is 11.2. The SMILES string of the molecule is O=C1NCC2(CCCN(C(=O)c3cc(-c4ccccc4)on3)CC2)O1. The molecule has 0 saturated carbocycles. The normalized spacial score (nSPS) is 23.2. The molecule has 2 fully saturated rings. The highest BCUT2D eigenvalue weighted by atomic mass is 16.6. The lowest BCUT2D eigenvalue weighted by Crippen LogP contribution is -2.36. The first-order chi connectivity index (χ1) is 12.2. The van der Waals surface area contributed by atoms with Crippen LogP contribution in [0.25, 0.3) is 11.3 Å². The van der Waals surface area contributed by atoms with Gasteiger partial charge in [0.1, 0.15) is 5.60 Å². The van der Waals surface area contributed by atoms with E-state index >= 15 is 0 Å². The van der Waals surface area contributed by atoms with Gasteiger partial charge < -0.3 is 19.5 Å². The number of carbonyl (C=O) groups excluding carboxylic acids is 2. The molecule has 1 aromatic carbocycles. The number of nitrogens with one attached hydrogen (secondary N) is 1. The average molecular weight is 341 g/mol. The number of amides is 2. The summed E-state index contributed by atoms with van der Waals surface area (Å²) in [5.74, 6) is 0.421. The van der Waals surface area contributed by atoms with Crippen molar-refractivity contribution < 1.29 is 18.8 Å².